The number of aryl methyl sites for hydroxylation is 1. The van der Waals surface area contributed by atoms with Gasteiger partial charge in [0.1, 0.15) is 17.5 Å². The lowest BCUT2D eigenvalue weighted by Gasteiger charge is -2.36. The number of aromatic nitrogens is 4. The van der Waals surface area contributed by atoms with Gasteiger partial charge in [-0.1, -0.05) is 50.3 Å². The maximum Gasteiger partial charge on any atom is 0.253 e. The fourth-order valence-electron chi connectivity index (χ4n) is 5.82. The van der Waals surface area contributed by atoms with E-state index in [0.717, 1.165) is 46.0 Å². The maximum absolute atomic E-state index is 13.7. The molecular weight excluding hydrogens is 479 g/mol. The average Bonchev–Trinajstić information content (AvgIpc) is 3.30. The molecule has 4 aromatic rings. The number of carbonyl (C=O) groups excluding carboxylic acids is 1. The van der Waals surface area contributed by atoms with Gasteiger partial charge in [-0.2, -0.15) is 5.10 Å². The number of halogens is 1. The molecule has 3 heterocycles. The van der Waals surface area contributed by atoms with E-state index in [1.807, 2.05) is 46.8 Å². The van der Waals surface area contributed by atoms with E-state index in [2.05, 4.69) is 4.90 Å². The van der Waals surface area contributed by atoms with Crippen LogP contribution in [0, 0.1) is 18.7 Å². The highest BCUT2D eigenvalue weighted by molar-refractivity contribution is 5.94. The Kier molecular flexibility index (Phi) is 6.79. The SMILES string of the molecule is Cc1nn(-c2ccc(F)cc2)c2nc(CC3CCCCC3)nc(N3CCN(C(=O)c4ccccc4)CC3)c12. The Bertz CT molecular complexity index is 1420. The summed E-state index contributed by atoms with van der Waals surface area (Å²) in [7, 11) is 0. The summed E-state index contributed by atoms with van der Waals surface area (Å²) in [6.45, 7) is 4.61. The minimum atomic E-state index is -0.279. The van der Waals surface area contributed by atoms with Crippen molar-refractivity contribution >= 4 is 22.8 Å². The minimum Gasteiger partial charge on any atom is -0.352 e. The van der Waals surface area contributed by atoms with E-state index in [-0.39, 0.29) is 11.7 Å². The molecule has 1 aliphatic heterocycles. The zero-order valence-electron chi connectivity index (χ0n) is 21.8. The smallest absolute Gasteiger partial charge is 0.253 e. The molecule has 0 atom stereocenters. The third kappa shape index (κ3) is 4.87. The highest BCUT2D eigenvalue weighted by Gasteiger charge is 2.27. The van der Waals surface area contributed by atoms with Crippen LogP contribution in [-0.4, -0.2) is 56.7 Å². The second-order valence-electron chi connectivity index (χ2n) is 10.5. The normalized spacial score (nSPS) is 16.8. The van der Waals surface area contributed by atoms with Gasteiger partial charge < -0.3 is 9.80 Å². The number of benzene rings is 2. The van der Waals surface area contributed by atoms with E-state index in [4.69, 9.17) is 15.1 Å². The van der Waals surface area contributed by atoms with E-state index in [0.29, 0.717) is 32.1 Å². The molecule has 7 nitrogen and oxygen atoms in total. The molecule has 1 saturated carbocycles. The number of hydrogen-bond acceptors (Lipinski definition) is 5. The van der Waals surface area contributed by atoms with Crippen LogP contribution >= 0.6 is 0 Å². The van der Waals surface area contributed by atoms with E-state index in [9.17, 15) is 9.18 Å². The zero-order chi connectivity index (χ0) is 26.1. The lowest BCUT2D eigenvalue weighted by Crippen LogP contribution is -2.49. The zero-order valence-corrected chi connectivity index (χ0v) is 21.8. The molecule has 0 N–H and O–H groups in total. The van der Waals surface area contributed by atoms with Crippen molar-refractivity contribution in [1.82, 2.24) is 24.6 Å². The van der Waals surface area contributed by atoms with Crippen molar-refractivity contribution in [3.8, 4) is 5.69 Å². The number of fused-ring (bicyclic) bond motifs is 1. The summed E-state index contributed by atoms with van der Waals surface area (Å²) >= 11 is 0. The molecule has 6 rings (SSSR count). The Balaban J connectivity index is 1.34. The highest BCUT2D eigenvalue weighted by Crippen LogP contribution is 2.32. The standard InChI is InChI=1S/C30H33FN6O/c1-21-27-28(35-16-18-36(19-17-35)30(38)23-10-6-3-7-11-23)32-26(20-22-8-4-2-5-9-22)33-29(27)37(34-21)25-14-12-24(31)13-15-25/h3,6-7,10-15,22H,2,4-5,8-9,16-20H2,1H3. The van der Waals surface area contributed by atoms with Crippen LogP contribution in [0.2, 0.25) is 0 Å². The van der Waals surface area contributed by atoms with Crippen LogP contribution in [0.25, 0.3) is 16.7 Å². The van der Waals surface area contributed by atoms with Crippen LogP contribution in [0.5, 0.6) is 0 Å². The van der Waals surface area contributed by atoms with Crippen molar-refractivity contribution in [3.63, 3.8) is 0 Å². The molecule has 0 spiro atoms. The molecule has 8 heteroatoms. The topological polar surface area (TPSA) is 67.2 Å². The lowest BCUT2D eigenvalue weighted by molar-refractivity contribution is 0.0746. The third-order valence-electron chi connectivity index (χ3n) is 7.88. The first kappa shape index (κ1) is 24.5. The molecule has 2 fully saturated rings. The average molecular weight is 513 g/mol. The summed E-state index contributed by atoms with van der Waals surface area (Å²) in [6.07, 6.45) is 7.13. The van der Waals surface area contributed by atoms with Crippen LogP contribution in [0.3, 0.4) is 0 Å². The van der Waals surface area contributed by atoms with Crippen molar-refractivity contribution in [2.75, 3.05) is 31.1 Å². The number of rotatable bonds is 5. The largest absolute Gasteiger partial charge is 0.352 e. The Morgan fingerprint density at radius 3 is 2.34 bits per heavy atom. The lowest BCUT2D eigenvalue weighted by atomic mass is 9.87. The fraction of sp³-hybridized carbons (Fsp3) is 0.400. The summed E-state index contributed by atoms with van der Waals surface area (Å²) < 4.78 is 15.5. The van der Waals surface area contributed by atoms with Crippen molar-refractivity contribution < 1.29 is 9.18 Å². The molecule has 0 radical (unpaired) electrons. The molecule has 2 aromatic heterocycles. The maximum atomic E-state index is 13.7. The van der Waals surface area contributed by atoms with Gasteiger partial charge in [0.05, 0.1) is 16.8 Å². The summed E-state index contributed by atoms with van der Waals surface area (Å²) in [5.41, 5.74) is 3.09. The molecule has 1 amide bonds. The molecule has 2 aromatic carbocycles. The Morgan fingerprint density at radius 1 is 0.921 bits per heavy atom. The van der Waals surface area contributed by atoms with Gasteiger partial charge in [0, 0.05) is 38.2 Å². The summed E-state index contributed by atoms with van der Waals surface area (Å²) in [5.74, 6) is 2.11. The van der Waals surface area contributed by atoms with E-state index < -0.39 is 0 Å². The number of amides is 1. The van der Waals surface area contributed by atoms with Crippen molar-refractivity contribution in [1.29, 1.82) is 0 Å². The number of nitrogens with zero attached hydrogens (tertiary/aromatic N) is 6. The van der Waals surface area contributed by atoms with Gasteiger partial charge in [0.2, 0.25) is 0 Å². The van der Waals surface area contributed by atoms with Crippen LogP contribution in [0.1, 0.15) is 54.0 Å². The van der Waals surface area contributed by atoms with Crippen molar-refractivity contribution in [2.24, 2.45) is 5.92 Å². The van der Waals surface area contributed by atoms with Gasteiger partial charge >= 0.3 is 0 Å². The minimum absolute atomic E-state index is 0.0661. The quantitative estimate of drug-likeness (QED) is 0.361. The van der Waals surface area contributed by atoms with E-state index >= 15 is 0 Å². The summed E-state index contributed by atoms with van der Waals surface area (Å²) in [5, 5.41) is 5.74. The first-order valence-corrected chi connectivity index (χ1v) is 13.7. The van der Waals surface area contributed by atoms with Gasteiger partial charge in [-0.25, -0.2) is 19.0 Å². The van der Waals surface area contributed by atoms with Crippen LogP contribution in [0.4, 0.5) is 10.2 Å². The Morgan fingerprint density at radius 2 is 1.63 bits per heavy atom. The molecule has 1 saturated heterocycles. The summed E-state index contributed by atoms with van der Waals surface area (Å²) in [4.78, 5) is 27.4. The molecule has 1 aliphatic carbocycles. The summed E-state index contributed by atoms with van der Waals surface area (Å²) in [6, 6.07) is 15.8. The number of hydrogen-bond donors (Lipinski definition) is 0. The first-order chi connectivity index (χ1) is 18.6. The molecule has 0 unspecified atom stereocenters. The van der Waals surface area contributed by atoms with Gasteiger partial charge in [-0.05, 0) is 49.2 Å². The van der Waals surface area contributed by atoms with Crippen LogP contribution in [0.15, 0.2) is 54.6 Å². The van der Waals surface area contributed by atoms with E-state index in [1.54, 1.807) is 12.1 Å². The number of carbonyl (C=O) groups is 1. The third-order valence-corrected chi connectivity index (χ3v) is 7.88. The Hall–Kier alpha value is -3.81. The van der Waals surface area contributed by atoms with Crippen molar-refractivity contribution in [3.05, 3.63) is 77.5 Å². The van der Waals surface area contributed by atoms with Crippen LogP contribution < -0.4 is 4.90 Å². The molecular formula is C30H33FN6O. The van der Waals surface area contributed by atoms with Crippen LogP contribution in [-0.2, 0) is 6.42 Å². The van der Waals surface area contributed by atoms with Crippen molar-refractivity contribution in [2.45, 2.75) is 45.4 Å². The molecule has 0 bridgehead atoms. The number of piperazine rings is 1. The predicted molar refractivity (Wildman–Crippen MR) is 146 cm³/mol. The second kappa shape index (κ2) is 10.5. The molecule has 38 heavy (non-hydrogen) atoms. The van der Waals surface area contributed by atoms with Gasteiger partial charge in [-0.3, -0.25) is 4.79 Å². The monoisotopic (exact) mass is 512 g/mol. The molecule has 196 valence electrons. The first-order valence-electron chi connectivity index (χ1n) is 13.7. The second-order valence-corrected chi connectivity index (χ2v) is 10.5. The van der Waals surface area contributed by atoms with Gasteiger partial charge in [0.15, 0.2) is 5.65 Å². The Labute approximate surface area is 222 Å². The van der Waals surface area contributed by atoms with Gasteiger partial charge in [0.25, 0.3) is 5.91 Å². The van der Waals surface area contributed by atoms with E-state index in [1.165, 1.54) is 44.2 Å². The fourth-order valence-corrected chi connectivity index (χ4v) is 5.82. The molecule has 2 aliphatic rings. The highest BCUT2D eigenvalue weighted by atomic mass is 19.1. The van der Waals surface area contributed by atoms with Gasteiger partial charge in [-0.15, -0.1) is 0 Å². The predicted octanol–water partition coefficient (Wildman–Crippen LogP) is 5.35. The number of anilines is 1.